The highest BCUT2D eigenvalue weighted by molar-refractivity contribution is 5.98. The Balaban J connectivity index is 2.05. The maximum absolute atomic E-state index is 12.1. The molecule has 128 valence electrons. The first-order chi connectivity index (χ1) is 12.0. The van der Waals surface area contributed by atoms with E-state index in [-0.39, 0.29) is 6.54 Å². The van der Waals surface area contributed by atoms with Crippen LogP contribution in [0.25, 0.3) is 0 Å². The molecule has 1 atom stereocenters. The Morgan fingerprint density at radius 2 is 1.52 bits per heavy atom. The number of aliphatic hydroxyl groups excluding tert-OH is 1. The molecule has 6 nitrogen and oxygen atoms in total. The van der Waals surface area contributed by atoms with Crippen molar-refractivity contribution in [1.29, 1.82) is 0 Å². The summed E-state index contributed by atoms with van der Waals surface area (Å²) >= 11 is 0. The third-order valence-electron chi connectivity index (χ3n) is 3.49. The van der Waals surface area contributed by atoms with Crippen LogP contribution in [0.4, 0.5) is 5.69 Å². The van der Waals surface area contributed by atoms with E-state index in [0.29, 0.717) is 11.3 Å². The molecular formula is C19H19N3O3. The summed E-state index contributed by atoms with van der Waals surface area (Å²) in [6.07, 6.45) is 0. The van der Waals surface area contributed by atoms with Crippen LogP contribution in [0.5, 0.6) is 0 Å². The van der Waals surface area contributed by atoms with Gasteiger partial charge in [0.2, 0.25) is 0 Å². The molecule has 6 heteroatoms. The summed E-state index contributed by atoms with van der Waals surface area (Å²) in [4.78, 5) is 23.5. The van der Waals surface area contributed by atoms with Crippen molar-refractivity contribution < 1.29 is 14.7 Å². The summed E-state index contributed by atoms with van der Waals surface area (Å²) in [5.41, 5.74) is 13.7. The highest BCUT2D eigenvalue weighted by Gasteiger charge is 2.18. The predicted molar refractivity (Wildman–Crippen MR) is 95.7 cm³/mol. The Bertz CT molecular complexity index is 803. The molecule has 0 unspecified atom stereocenters. The van der Waals surface area contributed by atoms with Gasteiger partial charge in [0.25, 0.3) is 5.91 Å². The average molecular weight is 337 g/mol. The summed E-state index contributed by atoms with van der Waals surface area (Å²) in [6, 6.07) is 13.0. The van der Waals surface area contributed by atoms with Crippen molar-refractivity contribution in [1.82, 2.24) is 5.32 Å². The first kappa shape index (κ1) is 18.2. The topological polar surface area (TPSA) is 118 Å². The Labute approximate surface area is 145 Å². The zero-order valence-corrected chi connectivity index (χ0v) is 13.5. The van der Waals surface area contributed by atoms with Gasteiger partial charge in [0.1, 0.15) is 12.6 Å². The largest absolute Gasteiger partial charge is 0.399 e. The molecule has 1 amide bonds. The number of anilines is 1. The van der Waals surface area contributed by atoms with Crippen molar-refractivity contribution in [2.24, 2.45) is 5.73 Å². The summed E-state index contributed by atoms with van der Waals surface area (Å²) in [5, 5.41) is 11.3. The molecule has 0 saturated heterocycles. The molecule has 25 heavy (non-hydrogen) atoms. The molecule has 0 aromatic heterocycles. The lowest BCUT2D eigenvalue weighted by Crippen LogP contribution is -2.46. The Morgan fingerprint density at radius 1 is 1.00 bits per heavy atom. The lowest BCUT2D eigenvalue weighted by molar-refractivity contribution is -0.123. The van der Waals surface area contributed by atoms with E-state index in [2.05, 4.69) is 17.2 Å². The molecule has 0 heterocycles. The van der Waals surface area contributed by atoms with E-state index in [1.807, 2.05) is 12.1 Å². The number of ketones is 1. The highest BCUT2D eigenvalue weighted by atomic mass is 16.3. The van der Waals surface area contributed by atoms with Gasteiger partial charge in [-0.15, -0.1) is 0 Å². The van der Waals surface area contributed by atoms with Crippen molar-refractivity contribution in [3.05, 3.63) is 65.2 Å². The third kappa shape index (κ3) is 5.18. The van der Waals surface area contributed by atoms with Crippen molar-refractivity contribution in [3.63, 3.8) is 0 Å². The standard InChI is InChI=1S/C19H19N3O3/c20-11-17(18(24)12-23)22-19(25)15-7-3-13(4-8-15)1-2-14-5-9-16(21)10-6-14/h3-10,17,23H,11-12,20-21H2,(H,22,25)/t17-/m0/s1. The number of carbonyl (C=O) groups excluding carboxylic acids is 2. The number of aliphatic hydroxyl groups is 1. The minimum absolute atomic E-state index is 0.0731. The number of hydrogen-bond acceptors (Lipinski definition) is 5. The van der Waals surface area contributed by atoms with Crippen LogP contribution in [0, 0.1) is 11.8 Å². The van der Waals surface area contributed by atoms with Crippen LogP contribution in [-0.4, -0.2) is 36.0 Å². The predicted octanol–water partition coefficient (Wildman–Crippen LogP) is 0.287. The van der Waals surface area contributed by atoms with Gasteiger partial charge in [-0.3, -0.25) is 9.59 Å². The van der Waals surface area contributed by atoms with Gasteiger partial charge >= 0.3 is 0 Å². The van der Waals surface area contributed by atoms with Crippen LogP contribution in [0.2, 0.25) is 0 Å². The van der Waals surface area contributed by atoms with Crippen molar-refractivity contribution in [2.75, 3.05) is 18.9 Å². The van der Waals surface area contributed by atoms with Crippen LogP contribution in [0.15, 0.2) is 48.5 Å². The maximum atomic E-state index is 12.1. The number of benzene rings is 2. The van der Waals surface area contributed by atoms with Gasteiger partial charge in [-0.05, 0) is 48.5 Å². The molecule has 0 aliphatic heterocycles. The third-order valence-corrected chi connectivity index (χ3v) is 3.49. The summed E-state index contributed by atoms with van der Waals surface area (Å²) in [6.45, 7) is -0.738. The second-order valence-electron chi connectivity index (χ2n) is 5.34. The molecule has 0 radical (unpaired) electrons. The van der Waals surface area contributed by atoms with E-state index < -0.39 is 24.3 Å². The quantitative estimate of drug-likeness (QED) is 0.462. The number of amides is 1. The lowest BCUT2D eigenvalue weighted by atomic mass is 10.1. The van der Waals surface area contributed by atoms with Gasteiger partial charge < -0.3 is 21.9 Å². The summed E-state index contributed by atoms with van der Waals surface area (Å²) in [7, 11) is 0. The van der Waals surface area contributed by atoms with Gasteiger partial charge in [-0.1, -0.05) is 11.8 Å². The van der Waals surface area contributed by atoms with E-state index in [0.717, 1.165) is 11.1 Å². The number of nitrogens with one attached hydrogen (secondary N) is 1. The highest BCUT2D eigenvalue weighted by Crippen LogP contribution is 2.06. The average Bonchev–Trinajstić information content (AvgIpc) is 2.65. The molecule has 2 aromatic carbocycles. The second-order valence-corrected chi connectivity index (χ2v) is 5.34. The van der Waals surface area contributed by atoms with Crippen LogP contribution < -0.4 is 16.8 Å². The fourth-order valence-corrected chi connectivity index (χ4v) is 2.04. The molecule has 6 N–H and O–H groups in total. The minimum atomic E-state index is -0.900. The van der Waals surface area contributed by atoms with E-state index >= 15 is 0 Å². The van der Waals surface area contributed by atoms with Crippen molar-refractivity contribution >= 4 is 17.4 Å². The number of nitrogens with two attached hydrogens (primary N) is 2. The molecule has 0 saturated carbocycles. The number of hydrogen-bond donors (Lipinski definition) is 4. The number of carbonyl (C=O) groups is 2. The molecule has 0 bridgehead atoms. The molecule has 0 spiro atoms. The zero-order valence-electron chi connectivity index (χ0n) is 13.5. The van der Waals surface area contributed by atoms with E-state index in [4.69, 9.17) is 16.6 Å². The molecule has 0 aliphatic rings. The smallest absolute Gasteiger partial charge is 0.251 e. The van der Waals surface area contributed by atoms with Crippen molar-refractivity contribution in [3.8, 4) is 11.8 Å². The SMILES string of the molecule is NC[C@H](NC(=O)c1ccc(C#Cc2ccc(N)cc2)cc1)C(=O)CO. The summed E-state index contributed by atoms with van der Waals surface area (Å²) < 4.78 is 0. The second kappa shape index (κ2) is 8.64. The first-order valence-corrected chi connectivity index (χ1v) is 7.65. The van der Waals surface area contributed by atoms with Crippen molar-refractivity contribution in [2.45, 2.75) is 6.04 Å². The van der Waals surface area contributed by atoms with Gasteiger partial charge in [0.05, 0.1) is 0 Å². The molecular weight excluding hydrogens is 318 g/mol. The van der Waals surface area contributed by atoms with Gasteiger partial charge in [0.15, 0.2) is 5.78 Å². The Morgan fingerprint density at radius 3 is 2.00 bits per heavy atom. The van der Waals surface area contributed by atoms with Gasteiger partial charge in [-0.25, -0.2) is 0 Å². The van der Waals surface area contributed by atoms with Gasteiger partial charge in [-0.2, -0.15) is 0 Å². The maximum Gasteiger partial charge on any atom is 0.251 e. The van der Waals surface area contributed by atoms with E-state index in [9.17, 15) is 9.59 Å². The van der Waals surface area contributed by atoms with Crippen LogP contribution in [-0.2, 0) is 4.79 Å². The van der Waals surface area contributed by atoms with Crippen LogP contribution in [0.3, 0.4) is 0 Å². The fraction of sp³-hybridized carbons (Fsp3) is 0.158. The normalized spacial score (nSPS) is 11.1. The molecule has 2 aromatic rings. The Hall–Kier alpha value is -3.14. The minimum Gasteiger partial charge on any atom is -0.399 e. The molecule has 0 aliphatic carbocycles. The number of nitrogen functional groups attached to an aromatic ring is 1. The monoisotopic (exact) mass is 337 g/mol. The molecule has 0 fully saturated rings. The number of Topliss-reactive ketones (excluding diaryl/α,β-unsaturated/α-hetero) is 1. The van der Waals surface area contributed by atoms with Gasteiger partial charge in [0, 0.05) is 28.9 Å². The first-order valence-electron chi connectivity index (χ1n) is 7.65. The fourth-order valence-electron chi connectivity index (χ4n) is 2.04. The Kier molecular flexibility index (Phi) is 6.29. The number of rotatable bonds is 5. The molecule has 2 rings (SSSR count). The zero-order chi connectivity index (χ0) is 18.2. The van der Waals surface area contributed by atoms with Crippen LogP contribution >= 0.6 is 0 Å². The van der Waals surface area contributed by atoms with E-state index in [1.165, 1.54) is 0 Å². The van der Waals surface area contributed by atoms with Crippen LogP contribution in [0.1, 0.15) is 21.5 Å². The summed E-state index contributed by atoms with van der Waals surface area (Å²) in [5.74, 6) is 5.04. The van der Waals surface area contributed by atoms with E-state index in [1.54, 1.807) is 36.4 Å². The lowest BCUT2D eigenvalue weighted by Gasteiger charge is -2.14.